The second kappa shape index (κ2) is 5.84. The van der Waals surface area contributed by atoms with Crippen LogP contribution >= 0.6 is 23.7 Å². The monoisotopic (exact) mass is 255 g/mol. The minimum Gasteiger partial charge on any atom is -0.399 e. The summed E-state index contributed by atoms with van der Waals surface area (Å²) in [5.41, 5.74) is 13.6. The van der Waals surface area contributed by atoms with Gasteiger partial charge in [0.1, 0.15) is 5.01 Å². The maximum Gasteiger partial charge on any atom is 0.110 e. The van der Waals surface area contributed by atoms with Gasteiger partial charge in [0, 0.05) is 17.3 Å². The summed E-state index contributed by atoms with van der Waals surface area (Å²) in [6.07, 6.45) is 2.58. The summed E-state index contributed by atoms with van der Waals surface area (Å²) in [6, 6.07) is 7.77. The van der Waals surface area contributed by atoms with Crippen molar-refractivity contribution in [3.8, 4) is 0 Å². The van der Waals surface area contributed by atoms with Crippen LogP contribution in [0.2, 0.25) is 0 Å². The Morgan fingerprint density at radius 2 is 1.94 bits per heavy atom. The summed E-state index contributed by atoms with van der Waals surface area (Å²) in [4.78, 5) is 4.20. The zero-order chi connectivity index (χ0) is 10.7. The van der Waals surface area contributed by atoms with Crippen LogP contribution in [0.15, 0.2) is 35.8 Å². The Morgan fingerprint density at radius 1 is 1.25 bits per heavy atom. The van der Waals surface area contributed by atoms with Crippen molar-refractivity contribution in [2.45, 2.75) is 12.5 Å². The van der Waals surface area contributed by atoms with E-state index in [0.29, 0.717) is 0 Å². The van der Waals surface area contributed by atoms with E-state index >= 15 is 0 Å². The molecule has 0 amide bonds. The number of rotatable bonds is 3. The normalized spacial score (nSPS) is 11.8. The van der Waals surface area contributed by atoms with E-state index < -0.39 is 0 Å². The second-order valence-corrected chi connectivity index (χ2v) is 4.35. The van der Waals surface area contributed by atoms with E-state index in [-0.39, 0.29) is 18.4 Å². The van der Waals surface area contributed by atoms with E-state index in [9.17, 15) is 0 Å². The number of thiazole rings is 1. The van der Waals surface area contributed by atoms with Crippen molar-refractivity contribution in [3.63, 3.8) is 0 Å². The molecule has 16 heavy (non-hydrogen) atoms. The fourth-order valence-corrected chi connectivity index (χ4v) is 2.05. The molecule has 0 aliphatic carbocycles. The van der Waals surface area contributed by atoms with Gasteiger partial charge in [0.25, 0.3) is 0 Å². The molecule has 0 unspecified atom stereocenters. The Hall–Kier alpha value is -1.10. The van der Waals surface area contributed by atoms with Crippen LogP contribution in [-0.4, -0.2) is 4.98 Å². The fourth-order valence-electron chi connectivity index (χ4n) is 1.41. The molecule has 0 bridgehead atoms. The van der Waals surface area contributed by atoms with Crippen LogP contribution in [0.25, 0.3) is 0 Å². The maximum atomic E-state index is 6.03. The lowest BCUT2D eigenvalue weighted by Gasteiger charge is -2.08. The quantitative estimate of drug-likeness (QED) is 0.828. The molecule has 3 nitrogen and oxygen atoms in total. The molecule has 4 N–H and O–H groups in total. The number of benzene rings is 1. The number of hydrogen-bond donors (Lipinski definition) is 2. The highest BCUT2D eigenvalue weighted by Gasteiger charge is 2.08. The van der Waals surface area contributed by atoms with Crippen molar-refractivity contribution in [2.24, 2.45) is 5.73 Å². The van der Waals surface area contributed by atoms with Gasteiger partial charge in [-0.3, -0.25) is 0 Å². The van der Waals surface area contributed by atoms with Crippen LogP contribution in [0, 0.1) is 0 Å². The van der Waals surface area contributed by atoms with Crippen molar-refractivity contribution in [1.29, 1.82) is 0 Å². The molecule has 5 heteroatoms. The molecular weight excluding hydrogens is 242 g/mol. The van der Waals surface area contributed by atoms with Crippen LogP contribution in [0.1, 0.15) is 16.6 Å². The van der Waals surface area contributed by atoms with Gasteiger partial charge in [0.15, 0.2) is 0 Å². The molecule has 0 aliphatic heterocycles. The van der Waals surface area contributed by atoms with Crippen LogP contribution in [-0.2, 0) is 6.42 Å². The van der Waals surface area contributed by atoms with E-state index in [4.69, 9.17) is 11.5 Å². The number of nitrogens with zero attached hydrogens (tertiary/aromatic N) is 1. The fraction of sp³-hybridized carbons (Fsp3) is 0.182. The highest BCUT2D eigenvalue weighted by molar-refractivity contribution is 7.09. The third kappa shape index (κ3) is 3.20. The number of nitrogens with two attached hydrogens (primary N) is 2. The molecule has 0 aliphatic rings. The highest BCUT2D eigenvalue weighted by atomic mass is 35.5. The van der Waals surface area contributed by atoms with E-state index in [1.54, 1.807) is 17.5 Å². The van der Waals surface area contributed by atoms with Crippen LogP contribution < -0.4 is 11.5 Å². The van der Waals surface area contributed by atoms with Gasteiger partial charge in [-0.05, 0) is 24.1 Å². The average molecular weight is 256 g/mol. The summed E-state index contributed by atoms with van der Waals surface area (Å²) >= 11 is 1.59. The molecule has 2 aromatic rings. The van der Waals surface area contributed by atoms with Gasteiger partial charge in [-0.2, -0.15) is 0 Å². The standard InChI is InChI=1S/C11H13N3S.ClH/c12-9-3-1-8(2-4-9)7-10(13)11-14-5-6-15-11;/h1-6,10H,7,12-13H2;1H/t10-;/m0./s1. The van der Waals surface area contributed by atoms with Crippen molar-refractivity contribution in [1.82, 2.24) is 4.98 Å². The lowest BCUT2D eigenvalue weighted by molar-refractivity contribution is 0.715. The van der Waals surface area contributed by atoms with Gasteiger partial charge in [-0.1, -0.05) is 12.1 Å². The summed E-state index contributed by atoms with van der Waals surface area (Å²) in [5.74, 6) is 0. The zero-order valence-corrected chi connectivity index (χ0v) is 10.3. The average Bonchev–Trinajstić information content (AvgIpc) is 2.74. The Balaban J connectivity index is 0.00000128. The van der Waals surface area contributed by atoms with Gasteiger partial charge in [-0.15, -0.1) is 23.7 Å². The first-order valence-electron chi connectivity index (χ1n) is 4.75. The number of halogens is 1. The first-order valence-corrected chi connectivity index (χ1v) is 5.63. The van der Waals surface area contributed by atoms with Gasteiger partial charge >= 0.3 is 0 Å². The first kappa shape index (κ1) is 13.0. The number of anilines is 1. The predicted octanol–water partition coefficient (Wildman–Crippen LogP) is 2.39. The lowest BCUT2D eigenvalue weighted by Crippen LogP contribution is -2.12. The summed E-state index contributed by atoms with van der Waals surface area (Å²) in [6.45, 7) is 0. The van der Waals surface area contributed by atoms with Gasteiger partial charge in [0.05, 0.1) is 6.04 Å². The van der Waals surface area contributed by atoms with Crippen molar-refractivity contribution in [3.05, 3.63) is 46.4 Å². The molecule has 2 rings (SSSR count). The van der Waals surface area contributed by atoms with E-state index in [1.807, 2.05) is 29.6 Å². The van der Waals surface area contributed by atoms with E-state index in [1.165, 1.54) is 5.56 Å². The smallest absolute Gasteiger partial charge is 0.110 e. The molecule has 0 fully saturated rings. The first-order chi connectivity index (χ1) is 7.25. The molecule has 1 heterocycles. The Kier molecular flexibility index (Phi) is 4.73. The zero-order valence-electron chi connectivity index (χ0n) is 8.67. The van der Waals surface area contributed by atoms with Crippen LogP contribution in [0.5, 0.6) is 0 Å². The molecule has 1 aromatic heterocycles. The van der Waals surface area contributed by atoms with Gasteiger partial charge in [0.2, 0.25) is 0 Å². The molecule has 0 saturated heterocycles. The molecule has 1 aromatic carbocycles. The summed E-state index contributed by atoms with van der Waals surface area (Å²) in [5, 5.41) is 2.92. The van der Waals surface area contributed by atoms with Crippen molar-refractivity contribution >= 4 is 29.4 Å². The van der Waals surface area contributed by atoms with Crippen molar-refractivity contribution < 1.29 is 0 Å². The van der Waals surface area contributed by atoms with Crippen LogP contribution in [0.3, 0.4) is 0 Å². The number of nitrogen functional groups attached to an aromatic ring is 1. The maximum absolute atomic E-state index is 6.03. The topological polar surface area (TPSA) is 64.9 Å². The Bertz CT molecular complexity index is 413. The third-order valence-electron chi connectivity index (χ3n) is 2.20. The molecule has 0 radical (unpaired) electrons. The largest absolute Gasteiger partial charge is 0.399 e. The molecule has 1 atom stereocenters. The minimum absolute atomic E-state index is 0. The number of hydrogen-bond acceptors (Lipinski definition) is 4. The predicted molar refractivity (Wildman–Crippen MR) is 70.8 cm³/mol. The van der Waals surface area contributed by atoms with E-state index in [2.05, 4.69) is 4.98 Å². The summed E-state index contributed by atoms with van der Waals surface area (Å²) < 4.78 is 0. The van der Waals surface area contributed by atoms with E-state index in [0.717, 1.165) is 17.1 Å². The Morgan fingerprint density at radius 3 is 2.50 bits per heavy atom. The number of aromatic nitrogens is 1. The van der Waals surface area contributed by atoms with Crippen molar-refractivity contribution in [2.75, 3.05) is 5.73 Å². The van der Waals surface area contributed by atoms with Gasteiger partial charge in [-0.25, -0.2) is 4.98 Å². The molecule has 0 spiro atoms. The third-order valence-corrected chi connectivity index (χ3v) is 3.11. The highest BCUT2D eigenvalue weighted by Crippen LogP contribution is 2.18. The SMILES string of the molecule is Cl.Nc1ccc(C[C@H](N)c2nccs2)cc1. The van der Waals surface area contributed by atoms with Crippen LogP contribution in [0.4, 0.5) is 5.69 Å². The Labute approximate surface area is 105 Å². The molecule has 86 valence electrons. The summed E-state index contributed by atoms with van der Waals surface area (Å²) in [7, 11) is 0. The molecular formula is C11H14ClN3S. The molecule has 0 saturated carbocycles. The minimum atomic E-state index is -0.0198. The second-order valence-electron chi connectivity index (χ2n) is 3.42. The lowest BCUT2D eigenvalue weighted by atomic mass is 10.1. The van der Waals surface area contributed by atoms with Gasteiger partial charge < -0.3 is 11.5 Å².